The van der Waals surface area contributed by atoms with Crippen molar-refractivity contribution >= 4 is 28.6 Å². The molecule has 5 nitrogen and oxygen atoms in total. The molecule has 0 saturated heterocycles. The van der Waals surface area contributed by atoms with Crippen molar-refractivity contribution in [1.82, 2.24) is 0 Å². The van der Waals surface area contributed by atoms with E-state index in [1.54, 1.807) is 18.2 Å². The van der Waals surface area contributed by atoms with Crippen LogP contribution >= 0.6 is 0 Å². The topological polar surface area (TPSA) is 118 Å². The molecule has 5 heteroatoms. The molecule has 0 aromatic heterocycles. The number of hydrogen-bond acceptors (Lipinski definition) is 4. The Labute approximate surface area is 187 Å². The van der Waals surface area contributed by atoms with E-state index < -0.39 is 5.97 Å². The van der Waals surface area contributed by atoms with Gasteiger partial charge in [0.1, 0.15) is 0 Å². The van der Waals surface area contributed by atoms with E-state index in [1.165, 1.54) is 12.1 Å². The standard InChI is InChI=1S/C20H19N3.C7H6O2/c1-13-12-16(6-11-19(13)23)20(14-2-7-17(21)8-3-14)15-4-9-18(22)10-5-15;8-7(9)6-4-2-1-3-5-6/h2-12,23H,21-22H2,1H3;1-5H,(H,8,9). The first-order chi connectivity index (χ1) is 15.3. The maximum absolute atomic E-state index is 10.1. The second kappa shape index (κ2) is 10.1. The number of carbonyl (C=O) groups excluding carboxylic acids is 1. The van der Waals surface area contributed by atoms with Crippen molar-refractivity contribution in [2.75, 3.05) is 11.5 Å². The molecule has 32 heavy (non-hydrogen) atoms. The molecule has 0 unspecified atom stereocenters. The molecule has 3 aromatic carbocycles. The van der Waals surface area contributed by atoms with Gasteiger partial charge in [-0.1, -0.05) is 54.6 Å². The van der Waals surface area contributed by atoms with Crippen LogP contribution in [0.15, 0.2) is 108 Å². The molecule has 0 amide bonds. The average molecular weight is 424 g/mol. The molecule has 0 aliphatic heterocycles. The molecule has 3 aromatic rings. The van der Waals surface area contributed by atoms with E-state index in [9.17, 15) is 9.90 Å². The second-order valence-corrected chi connectivity index (χ2v) is 7.34. The zero-order valence-corrected chi connectivity index (χ0v) is 17.8. The SMILES string of the molecule is CC1=CC(=C(c2ccc(N)cc2)c2ccc(N)cc2)C=CC1=[NH2+].O=C([O-])c1ccccc1. The highest BCUT2D eigenvalue weighted by Gasteiger charge is 2.14. The van der Waals surface area contributed by atoms with Gasteiger partial charge >= 0.3 is 0 Å². The van der Waals surface area contributed by atoms with E-state index in [2.05, 4.69) is 6.08 Å². The van der Waals surface area contributed by atoms with Gasteiger partial charge in [0.2, 0.25) is 0 Å². The number of nitrogens with two attached hydrogens (primary N) is 3. The van der Waals surface area contributed by atoms with Crippen LogP contribution in [-0.4, -0.2) is 11.7 Å². The van der Waals surface area contributed by atoms with Gasteiger partial charge in [0.15, 0.2) is 5.71 Å². The van der Waals surface area contributed by atoms with Crippen LogP contribution in [0.4, 0.5) is 11.4 Å². The monoisotopic (exact) mass is 423 g/mol. The van der Waals surface area contributed by atoms with Gasteiger partial charge in [-0.25, -0.2) is 0 Å². The third-order valence-electron chi connectivity index (χ3n) is 4.97. The van der Waals surface area contributed by atoms with Crippen LogP contribution in [0, 0.1) is 0 Å². The Morgan fingerprint density at radius 2 is 1.25 bits per heavy atom. The van der Waals surface area contributed by atoms with Gasteiger partial charge in [-0.05, 0) is 71.2 Å². The number of benzene rings is 3. The molecule has 0 bridgehead atoms. The van der Waals surface area contributed by atoms with Crippen molar-refractivity contribution in [3.05, 3.63) is 125 Å². The molecule has 0 spiro atoms. The lowest BCUT2D eigenvalue weighted by Gasteiger charge is -2.15. The van der Waals surface area contributed by atoms with E-state index in [-0.39, 0.29) is 5.56 Å². The molecule has 160 valence electrons. The molecule has 0 atom stereocenters. The molecule has 1 aliphatic rings. The third kappa shape index (κ3) is 5.61. The minimum Gasteiger partial charge on any atom is -0.545 e. The fraction of sp³-hybridized carbons (Fsp3) is 0.0370. The summed E-state index contributed by atoms with van der Waals surface area (Å²) in [6, 6.07) is 23.9. The van der Waals surface area contributed by atoms with Crippen LogP contribution < -0.4 is 22.0 Å². The highest BCUT2D eigenvalue weighted by atomic mass is 16.4. The fourth-order valence-electron chi connectivity index (χ4n) is 3.21. The van der Waals surface area contributed by atoms with Crippen LogP contribution in [0.25, 0.3) is 5.57 Å². The van der Waals surface area contributed by atoms with Gasteiger partial charge in [-0.2, -0.15) is 0 Å². The Bertz CT molecular complexity index is 1160. The summed E-state index contributed by atoms with van der Waals surface area (Å²) in [6.07, 6.45) is 6.10. The lowest BCUT2D eigenvalue weighted by atomic mass is 9.89. The zero-order valence-electron chi connectivity index (χ0n) is 17.8. The van der Waals surface area contributed by atoms with Crippen molar-refractivity contribution < 1.29 is 15.3 Å². The number of carbonyl (C=O) groups is 1. The van der Waals surface area contributed by atoms with Crippen molar-refractivity contribution in [1.29, 1.82) is 0 Å². The Balaban J connectivity index is 0.000000269. The van der Waals surface area contributed by atoms with Crippen molar-refractivity contribution in [3.63, 3.8) is 0 Å². The highest BCUT2D eigenvalue weighted by molar-refractivity contribution is 6.07. The first-order valence-electron chi connectivity index (χ1n) is 10.1. The summed E-state index contributed by atoms with van der Waals surface area (Å²) in [5.41, 5.74) is 19.7. The number of hydrogen-bond donors (Lipinski definition) is 3. The number of carboxylic acids is 1. The van der Waals surface area contributed by atoms with Crippen molar-refractivity contribution in [2.24, 2.45) is 0 Å². The van der Waals surface area contributed by atoms with Gasteiger partial charge in [0.05, 0.1) is 5.97 Å². The maximum atomic E-state index is 10.1. The summed E-state index contributed by atoms with van der Waals surface area (Å²) in [7, 11) is 0. The average Bonchev–Trinajstić information content (AvgIpc) is 2.80. The van der Waals surface area contributed by atoms with E-state index in [0.717, 1.165) is 44.9 Å². The molecule has 0 radical (unpaired) electrons. The lowest BCUT2D eigenvalue weighted by Crippen LogP contribution is -2.39. The molecular weight excluding hydrogens is 398 g/mol. The summed E-state index contributed by atoms with van der Waals surface area (Å²) >= 11 is 0. The summed E-state index contributed by atoms with van der Waals surface area (Å²) in [5, 5.41) is 16.1. The predicted molar refractivity (Wildman–Crippen MR) is 128 cm³/mol. The van der Waals surface area contributed by atoms with Gasteiger partial charge in [-0.3, -0.25) is 5.41 Å². The van der Waals surface area contributed by atoms with Gasteiger partial charge in [-0.15, -0.1) is 0 Å². The zero-order chi connectivity index (χ0) is 23.1. The number of nitrogen functional groups attached to an aromatic ring is 2. The van der Waals surface area contributed by atoms with Gasteiger partial charge in [0.25, 0.3) is 0 Å². The minimum absolute atomic E-state index is 0.220. The molecular formula is C27H25N3O2. The highest BCUT2D eigenvalue weighted by Crippen LogP contribution is 2.31. The van der Waals surface area contributed by atoms with E-state index in [0.29, 0.717) is 0 Å². The Kier molecular flexibility index (Phi) is 7.03. The second-order valence-electron chi connectivity index (χ2n) is 7.34. The van der Waals surface area contributed by atoms with Gasteiger partial charge < -0.3 is 21.4 Å². The molecule has 0 fully saturated rings. The van der Waals surface area contributed by atoms with Crippen LogP contribution in [0.5, 0.6) is 0 Å². The van der Waals surface area contributed by atoms with Crippen LogP contribution in [0.2, 0.25) is 0 Å². The summed E-state index contributed by atoms with van der Waals surface area (Å²) in [5.74, 6) is -1.13. The Hall–Kier alpha value is -4.38. The predicted octanol–water partition coefficient (Wildman–Crippen LogP) is 2.42. The summed E-state index contributed by atoms with van der Waals surface area (Å²) in [6.45, 7) is 2.02. The molecule has 6 N–H and O–H groups in total. The number of allylic oxidation sites excluding steroid dienone is 5. The maximum Gasteiger partial charge on any atom is 0.199 e. The third-order valence-corrected chi connectivity index (χ3v) is 4.97. The van der Waals surface area contributed by atoms with E-state index >= 15 is 0 Å². The largest absolute Gasteiger partial charge is 0.545 e. The first-order valence-corrected chi connectivity index (χ1v) is 10.1. The normalized spacial score (nSPS) is 12.5. The van der Waals surface area contributed by atoms with E-state index in [1.807, 2.05) is 67.6 Å². The first kappa shape index (κ1) is 22.3. The van der Waals surface area contributed by atoms with Crippen LogP contribution in [0.1, 0.15) is 28.4 Å². The van der Waals surface area contributed by atoms with Crippen molar-refractivity contribution in [2.45, 2.75) is 6.92 Å². The lowest BCUT2D eigenvalue weighted by molar-refractivity contribution is -0.255. The number of rotatable bonds is 3. The summed E-state index contributed by atoms with van der Waals surface area (Å²) < 4.78 is 0. The van der Waals surface area contributed by atoms with Crippen LogP contribution in [0.3, 0.4) is 0 Å². The van der Waals surface area contributed by atoms with E-state index in [4.69, 9.17) is 16.9 Å². The number of anilines is 2. The van der Waals surface area contributed by atoms with Crippen LogP contribution in [-0.2, 0) is 0 Å². The molecule has 0 saturated carbocycles. The molecule has 4 rings (SSSR count). The Morgan fingerprint density at radius 3 is 1.66 bits per heavy atom. The smallest absolute Gasteiger partial charge is 0.199 e. The molecule has 0 heterocycles. The number of aromatic carboxylic acids is 1. The minimum atomic E-state index is -1.13. The van der Waals surface area contributed by atoms with Crippen molar-refractivity contribution in [3.8, 4) is 0 Å². The van der Waals surface area contributed by atoms with Gasteiger partial charge in [0, 0.05) is 23.0 Å². The quantitative estimate of drug-likeness (QED) is 0.561. The number of carboxylic acid groups (broad SMARTS) is 1. The molecule has 1 aliphatic carbocycles. The fourth-order valence-corrected chi connectivity index (χ4v) is 3.21. The summed E-state index contributed by atoms with van der Waals surface area (Å²) in [4.78, 5) is 10.1. The Morgan fingerprint density at radius 1 is 0.750 bits per heavy atom.